The van der Waals surface area contributed by atoms with Crippen molar-refractivity contribution in [3.8, 4) is 0 Å². The molecular formula is C18H18N6O3S. The molecule has 3 aromatic rings. The van der Waals surface area contributed by atoms with Gasteiger partial charge in [-0.05, 0) is 12.1 Å². The lowest BCUT2D eigenvalue weighted by atomic mass is 10.2. The van der Waals surface area contributed by atoms with Crippen LogP contribution in [0.25, 0.3) is 11.2 Å². The molecule has 1 amide bonds. The molecular weight excluding hydrogens is 380 g/mol. The van der Waals surface area contributed by atoms with Crippen molar-refractivity contribution < 1.29 is 14.3 Å². The zero-order valence-corrected chi connectivity index (χ0v) is 15.7. The third-order valence-electron chi connectivity index (χ3n) is 4.45. The fourth-order valence-corrected chi connectivity index (χ4v) is 4.06. The van der Waals surface area contributed by atoms with Crippen molar-refractivity contribution in [1.82, 2.24) is 24.4 Å². The predicted molar refractivity (Wildman–Crippen MR) is 104 cm³/mol. The van der Waals surface area contributed by atoms with Crippen LogP contribution in [0.15, 0.2) is 43.0 Å². The van der Waals surface area contributed by atoms with Crippen molar-refractivity contribution in [3.05, 3.63) is 48.5 Å². The number of benzene rings is 1. The molecule has 0 unspecified atom stereocenters. The van der Waals surface area contributed by atoms with Gasteiger partial charge in [0.05, 0.1) is 17.6 Å². The molecule has 2 aromatic heterocycles. The first-order valence-electron chi connectivity index (χ1n) is 8.68. The molecule has 1 saturated heterocycles. The highest BCUT2D eigenvalue weighted by Crippen LogP contribution is 2.25. The summed E-state index contributed by atoms with van der Waals surface area (Å²) in [4.78, 5) is 38.5. The fourth-order valence-electron chi connectivity index (χ4n) is 2.99. The van der Waals surface area contributed by atoms with E-state index in [9.17, 15) is 9.59 Å². The molecule has 0 aliphatic carbocycles. The van der Waals surface area contributed by atoms with Crippen LogP contribution in [-0.4, -0.2) is 60.6 Å². The predicted octanol–water partition coefficient (Wildman–Crippen LogP) is 1.17. The molecule has 0 spiro atoms. The summed E-state index contributed by atoms with van der Waals surface area (Å²) in [5.74, 6) is 0.313. The van der Waals surface area contributed by atoms with Gasteiger partial charge in [-0.15, -0.1) is 11.8 Å². The minimum absolute atomic E-state index is 0.0179. The third kappa shape index (κ3) is 3.63. The molecule has 0 bridgehead atoms. The Morgan fingerprint density at radius 3 is 2.86 bits per heavy atom. The van der Waals surface area contributed by atoms with Crippen molar-refractivity contribution in [2.45, 2.75) is 11.9 Å². The van der Waals surface area contributed by atoms with Crippen molar-refractivity contribution in [3.63, 3.8) is 0 Å². The Kier molecular flexibility index (Phi) is 5.11. The Morgan fingerprint density at radius 1 is 1.21 bits per heavy atom. The number of nitrogen functional groups attached to an aromatic ring is 1. The van der Waals surface area contributed by atoms with Gasteiger partial charge in [0.15, 0.2) is 11.5 Å². The summed E-state index contributed by atoms with van der Waals surface area (Å²) in [5.41, 5.74) is 7.46. The lowest BCUT2D eigenvalue weighted by molar-refractivity contribution is -0.128. The number of carbonyl (C=O) groups is 2. The second-order valence-corrected chi connectivity index (χ2v) is 7.35. The van der Waals surface area contributed by atoms with Crippen LogP contribution < -0.4 is 5.73 Å². The van der Waals surface area contributed by atoms with Gasteiger partial charge in [0.25, 0.3) is 0 Å². The largest absolute Gasteiger partial charge is 0.459 e. The molecule has 3 heterocycles. The maximum Gasteiger partial charge on any atom is 0.338 e. The SMILES string of the molecule is Nc1ncnc2c1ncn2CCN1C(=O)CS[C@H]1COC(=O)c1ccccc1. The summed E-state index contributed by atoms with van der Waals surface area (Å²) in [6, 6.07) is 8.79. The number of carbonyl (C=O) groups excluding carboxylic acids is 2. The molecule has 144 valence electrons. The van der Waals surface area contributed by atoms with Gasteiger partial charge in [-0.2, -0.15) is 0 Å². The van der Waals surface area contributed by atoms with Gasteiger partial charge < -0.3 is 19.9 Å². The molecule has 10 heteroatoms. The molecule has 1 aliphatic rings. The second-order valence-electron chi connectivity index (χ2n) is 6.19. The van der Waals surface area contributed by atoms with E-state index in [1.807, 2.05) is 10.6 Å². The van der Waals surface area contributed by atoms with E-state index in [0.717, 1.165) is 0 Å². The van der Waals surface area contributed by atoms with Crippen molar-refractivity contribution in [1.29, 1.82) is 0 Å². The summed E-state index contributed by atoms with van der Waals surface area (Å²) in [6.45, 7) is 1.10. The average molecular weight is 398 g/mol. The summed E-state index contributed by atoms with van der Waals surface area (Å²) in [6.07, 6.45) is 3.02. The summed E-state index contributed by atoms with van der Waals surface area (Å²) in [7, 11) is 0. The first-order chi connectivity index (χ1) is 13.6. The van der Waals surface area contributed by atoms with Crippen molar-refractivity contribution >= 4 is 40.6 Å². The highest BCUT2D eigenvalue weighted by atomic mass is 32.2. The standard InChI is InChI=1S/C18H18N6O3S/c19-16-15-17(21-10-20-16)23(11-22-15)6-7-24-13(25)9-28-14(24)8-27-18(26)12-4-2-1-3-5-12/h1-5,10-11,14H,6-9H2,(H2,19,20,21)/t14-/m0/s1. The van der Waals surface area contributed by atoms with Gasteiger partial charge in [0.1, 0.15) is 23.8 Å². The van der Waals surface area contributed by atoms with Crippen LogP contribution in [0.2, 0.25) is 0 Å². The molecule has 0 radical (unpaired) electrons. The molecule has 1 fully saturated rings. The zero-order chi connectivity index (χ0) is 19.5. The first-order valence-corrected chi connectivity index (χ1v) is 9.73. The summed E-state index contributed by atoms with van der Waals surface area (Å²) < 4.78 is 7.23. The van der Waals surface area contributed by atoms with Gasteiger partial charge in [-0.1, -0.05) is 18.2 Å². The van der Waals surface area contributed by atoms with E-state index >= 15 is 0 Å². The fraction of sp³-hybridized carbons (Fsp3) is 0.278. The number of anilines is 1. The molecule has 4 rings (SSSR count). The van der Waals surface area contributed by atoms with Crippen LogP contribution in [0.5, 0.6) is 0 Å². The van der Waals surface area contributed by atoms with Gasteiger partial charge in [0, 0.05) is 13.1 Å². The number of aromatic nitrogens is 4. The number of hydrogen-bond donors (Lipinski definition) is 1. The monoisotopic (exact) mass is 398 g/mol. The lowest BCUT2D eigenvalue weighted by Crippen LogP contribution is -2.38. The van der Waals surface area contributed by atoms with Crippen LogP contribution in [0, 0.1) is 0 Å². The van der Waals surface area contributed by atoms with Crippen molar-refractivity contribution in [2.24, 2.45) is 0 Å². The zero-order valence-electron chi connectivity index (χ0n) is 14.9. The van der Waals surface area contributed by atoms with Gasteiger partial charge in [0.2, 0.25) is 5.91 Å². The smallest absolute Gasteiger partial charge is 0.338 e. The van der Waals surface area contributed by atoms with E-state index < -0.39 is 5.97 Å². The van der Waals surface area contributed by atoms with Gasteiger partial charge in [-0.3, -0.25) is 4.79 Å². The van der Waals surface area contributed by atoms with Gasteiger partial charge in [-0.25, -0.2) is 19.7 Å². The summed E-state index contributed by atoms with van der Waals surface area (Å²) >= 11 is 1.47. The van der Waals surface area contributed by atoms with Crippen LogP contribution >= 0.6 is 11.8 Å². The van der Waals surface area contributed by atoms with E-state index in [0.29, 0.717) is 41.4 Å². The molecule has 9 nitrogen and oxygen atoms in total. The van der Waals surface area contributed by atoms with E-state index in [4.69, 9.17) is 10.5 Å². The highest BCUT2D eigenvalue weighted by Gasteiger charge is 2.32. The first kappa shape index (κ1) is 18.2. The topological polar surface area (TPSA) is 116 Å². The highest BCUT2D eigenvalue weighted by molar-refractivity contribution is 8.01. The van der Waals surface area contributed by atoms with Gasteiger partial charge >= 0.3 is 5.97 Å². The van der Waals surface area contributed by atoms with E-state index in [-0.39, 0.29) is 17.9 Å². The third-order valence-corrected chi connectivity index (χ3v) is 5.63. The van der Waals surface area contributed by atoms with E-state index in [1.165, 1.54) is 18.1 Å². The number of nitrogens with two attached hydrogens (primary N) is 1. The number of rotatable bonds is 6. The number of hydrogen-bond acceptors (Lipinski definition) is 8. The number of fused-ring (bicyclic) bond motifs is 1. The number of amides is 1. The molecule has 1 aromatic carbocycles. The van der Waals surface area contributed by atoms with E-state index in [1.54, 1.807) is 35.5 Å². The molecule has 1 atom stereocenters. The minimum Gasteiger partial charge on any atom is -0.459 e. The maximum atomic E-state index is 12.3. The molecule has 1 aliphatic heterocycles. The Balaban J connectivity index is 1.39. The Bertz CT molecular complexity index is 1010. The number of imidazole rings is 1. The van der Waals surface area contributed by atoms with Crippen LogP contribution in [-0.2, 0) is 16.1 Å². The van der Waals surface area contributed by atoms with Crippen LogP contribution in [0.4, 0.5) is 5.82 Å². The van der Waals surface area contributed by atoms with Crippen molar-refractivity contribution in [2.75, 3.05) is 24.6 Å². The van der Waals surface area contributed by atoms with E-state index in [2.05, 4.69) is 15.0 Å². The quantitative estimate of drug-likeness (QED) is 0.615. The Labute approximate surface area is 164 Å². The van der Waals surface area contributed by atoms with Crippen LogP contribution in [0.3, 0.4) is 0 Å². The maximum absolute atomic E-state index is 12.3. The summed E-state index contributed by atoms with van der Waals surface area (Å²) in [5, 5.41) is -0.213. The normalized spacial score (nSPS) is 16.6. The Hall–Kier alpha value is -3.14. The number of ether oxygens (including phenoxy) is 1. The second kappa shape index (κ2) is 7.85. The lowest BCUT2D eigenvalue weighted by Gasteiger charge is -2.23. The Morgan fingerprint density at radius 2 is 2.04 bits per heavy atom. The average Bonchev–Trinajstić information content (AvgIpc) is 3.29. The number of thioether (sulfide) groups is 1. The number of nitrogens with zero attached hydrogens (tertiary/aromatic N) is 5. The molecule has 2 N–H and O–H groups in total. The minimum atomic E-state index is -0.395. The van der Waals surface area contributed by atoms with Crippen LogP contribution in [0.1, 0.15) is 10.4 Å². The number of esters is 1. The molecule has 0 saturated carbocycles. The molecule has 28 heavy (non-hydrogen) atoms.